The third-order valence-electron chi connectivity index (χ3n) is 3.95. The average Bonchev–Trinajstić information content (AvgIpc) is 2.47. The average molecular weight is 292 g/mol. The van der Waals surface area contributed by atoms with Gasteiger partial charge < -0.3 is 20.7 Å². The molecule has 0 aromatic heterocycles. The SMILES string of the molecule is COc1ccc(N)cc1NC(=O)C(C)N1CCN(C)CC1. The minimum absolute atomic E-state index is 0.0385. The van der Waals surface area contributed by atoms with Gasteiger partial charge in [-0.2, -0.15) is 0 Å². The van der Waals surface area contributed by atoms with Crippen molar-refractivity contribution in [2.45, 2.75) is 13.0 Å². The number of rotatable bonds is 4. The number of likely N-dealkylation sites (N-methyl/N-ethyl adjacent to an activating group) is 1. The molecule has 0 aliphatic carbocycles. The zero-order chi connectivity index (χ0) is 15.4. The van der Waals surface area contributed by atoms with E-state index >= 15 is 0 Å². The number of amides is 1. The molecule has 1 saturated heterocycles. The van der Waals surface area contributed by atoms with E-state index in [1.807, 2.05) is 6.92 Å². The van der Waals surface area contributed by atoms with Crippen LogP contribution in [-0.4, -0.2) is 62.1 Å². The second-order valence-corrected chi connectivity index (χ2v) is 5.46. The Morgan fingerprint density at radius 3 is 2.62 bits per heavy atom. The summed E-state index contributed by atoms with van der Waals surface area (Å²) in [4.78, 5) is 16.9. The highest BCUT2D eigenvalue weighted by molar-refractivity contribution is 5.96. The first kappa shape index (κ1) is 15.6. The number of ether oxygens (including phenoxy) is 1. The highest BCUT2D eigenvalue weighted by atomic mass is 16.5. The lowest BCUT2D eigenvalue weighted by Crippen LogP contribution is -2.51. The van der Waals surface area contributed by atoms with Crippen LogP contribution in [0.5, 0.6) is 5.75 Å². The Balaban J connectivity index is 2.02. The Morgan fingerprint density at radius 2 is 2.00 bits per heavy atom. The molecule has 116 valence electrons. The van der Waals surface area contributed by atoms with E-state index in [-0.39, 0.29) is 11.9 Å². The molecule has 3 N–H and O–H groups in total. The number of nitrogens with one attached hydrogen (secondary N) is 1. The molecule has 0 spiro atoms. The van der Waals surface area contributed by atoms with Gasteiger partial charge in [0.05, 0.1) is 18.8 Å². The number of carbonyl (C=O) groups excluding carboxylic acids is 1. The number of hydrogen-bond acceptors (Lipinski definition) is 5. The number of hydrogen-bond donors (Lipinski definition) is 2. The summed E-state index contributed by atoms with van der Waals surface area (Å²) >= 11 is 0. The van der Waals surface area contributed by atoms with Gasteiger partial charge in [0.1, 0.15) is 5.75 Å². The molecule has 1 fully saturated rings. The highest BCUT2D eigenvalue weighted by Crippen LogP contribution is 2.26. The van der Waals surface area contributed by atoms with Gasteiger partial charge in [0.25, 0.3) is 0 Å². The van der Waals surface area contributed by atoms with Crippen LogP contribution in [-0.2, 0) is 4.79 Å². The maximum atomic E-state index is 12.4. The standard InChI is InChI=1S/C15H24N4O2/c1-11(19-8-6-18(2)7-9-19)15(20)17-13-10-12(16)4-5-14(13)21-3/h4-5,10-11H,6-9,16H2,1-3H3,(H,17,20). The fraction of sp³-hybridized carbons (Fsp3) is 0.533. The molecule has 1 heterocycles. The van der Waals surface area contributed by atoms with E-state index in [9.17, 15) is 4.79 Å². The molecule has 1 aromatic carbocycles. The molecule has 6 nitrogen and oxygen atoms in total. The van der Waals surface area contributed by atoms with Crippen LogP contribution in [0, 0.1) is 0 Å². The van der Waals surface area contributed by atoms with Gasteiger partial charge in [-0.15, -0.1) is 0 Å². The Kier molecular flexibility index (Phi) is 5.03. The molecule has 2 rings (SSSR count). The lowest BCUT2D eigenvalue weighted by atomic mass is 10.2. The van der Waals surface area contributed by atoms with Gasteiger partial charge in [0.15, 0.2) is 0 Å². The summed E-state index contributed by atoms with van der Waals surface area (Å²) in [5.41, 5.74) is 6.98. The summed E-state index contributed by atoms with van der Waals surface area (Å²) in [7, 11) is 3.67. The summed E-state index contributed by atoms with van der Waals surface area (Å²) in [5, 5.41) is 2.91. The number of benzene rings is 1. The lowest BCUT2D eigenvalue weighted by Gasteiger charge is -2.35. The van der Waals surface area contributed by atoms with Crippen molar-refractivity contribution < 1.29 is 9.53 Å². The molecule has 6 heteroatoms. The predicted molar refractivity (Wildman–Crippen MR) is 84.6 cm³/mol. The molecule has 1 unspecified atom stereocenters. The van der Waals surface area contributed by atoms with Gasteiger partial charge in [-0.3, -0.25) is 9.69 Å². The van der Waals surface area contributed by atoms with Crippen LogP contribution in [0.2, 0.25) is 0 Å². The van der Waals surface area contributed by atoms with Crippen molar-refractivity contribution in [3.8, 4) is 5.75 Å². The third-order valence-corrected chi connectivity index (χ3v) is 3.95. The summed E-state index contributed by atoms with van der Waals surface area (Å²) in [6.07, 6.45) is 0. The zero-order valence-electron chi connectivity index (χ0n) is 12.9. The quantitative estimate of drug-likeness (QED) is 0.805. The van der Waals surface area contributed by atoms with E-state index in [4.69, 9.17) is 10.5 Å². The van der Waals surface area contributed by atoms with Crippen molar-refractivity contribution >= 4 is 17.3 Å². The molecule has 0 bridgehead atoms. The van der Waals surface area contributed by atoms with Crippen molar-refractivity contribution in [1.82, 2.24) is 9.80 Å². The van der Waals surface area contributed by atoms with Crippen LogP contribution in [0.4, 0.5) is 11.4 Å². The largest absolute Gasteiger partial charge is 0.495 e. The van der Waals surface area contributed by atoms with E-state index in [0.717, 1.165) is 26.2 Å². The van der Waals surface area contributed by atoms with E-state index in [1.165, 1.54) is 0 Å². The topological polar surface area (TPSA) is 70.8 Å². The van der Waals surface area contributed by atoms with E-state index in [1.54, 1.807) is 25.3 Å². The second-order valence-electron chi connectivity index (χ2n) is 5.46. The molecular weight excluding hydrogens is 268 g/mol. The number of nitrogen functional groups attached to an aromatic ring is 1. The van der Waals surface area contributed by atoms with Crippen LogP contribution in [0.25, 0.3) is 0 Å². The van der Waals surface area contributed by atoms with Crippen molar-refractivity contribution in [3.63, 3.8) is 0 Å². The first-order valence-corrected chi connectivity index (χ1v) is 7.18. The van der Waals surface area contributed by atoms with Crippen molar-refractivity contribution in [2.24, 2.45) is 0 Å². The van der Waals surface area contributed by atoms with E-state index < -0.39 is 0 Å². The zero-order valence-corrected chi connectivity index (χ0v) is 12.9. The maximum Gasteiger partial charge on any atom is 0.241 e. The predicted octanol–water partition coefficient (Wildman–Crippen LogP) is 0.852. The number of nitrogens with two attached hydrogens (primary N) is 1. The molecular formula is C15H24N4O2. The normalized spacial score (nSPS) is 18.2. The van der Waals surface area contributed by atoms with Gasteiger partial charge in [0.2, 0.25) is 5.91 Å². The van der Waals surface area contributed by atoms with Crippen molar-refractivity contribution in [2.75, 3.05) is 51.4 Å². The molecule has 1 atom stereocenters. The van der Waals surface area contributed by atoms with Crippen LogP contribution in [0.1, 0.15) is 6.92 Å². The molecule has 1 aliphatic rings. The van der Waals surface area contributed by atoms with E-state index in [0.29, 0.717) is 17.1 Å². The summed E-state index contributed by atoms with van der Waals surface area (Å²) in [5.74, 6) is 0.576. The fourth-order valence-electron chi connectivity index (χ4n) is 2.44. The summed E-state index contributed by atoms with van der Waals surface area (Å²) in [6, 6.07) is 5.04. The smallest absolute Gasteiger partial charge is 0.241 e. The van der Waals surface area contributed by atoms with Crippen LogP contribution >= 0.6 is 0 Å². The Hall–Kier alpha value is -1.79. The highest BCUT2D eigenvalue weighted by Gasteiger charge is 2.24. The molecule has 0 saturated carbocycles. The van der Waals surface area contributed by atoms with Gasteiger partial charge in [-0.25, -0.2) is 0 Å². The van der Waals surface area contributed by atoms with Gasteiger partial charge >= 0.3 is 0 Å². The summed E-state index contributed by atoms with van der Waals surface area (Å²) < 4.78 is 5.25. The molecule has 1 aliphatic heterocycles. The number of nitrogens with zero attached hydrogens (tertiary/aromatic N) is 2. The first-order chi connectivity index (χ1) is 10.0. The fourth-order valence-corrected chi connectivity index (χ4v) is 2.44. The number of methoxy groups -OCH3 is 1. The van der Waals surface area contributed by atoms with Crippen LogP contribution in [0.15, 0.2) is 18.2 Å². The van der Waals surface area contributed by atoms with Gasteiger partial charge in [-0.1, -0.05) is 0 Å². The maximum absolute atomic E-state index is 12.4. The van der Waals surface area contributed by atoms with Gasteiger partial charge in [0, 0.05) is 31.9 Å². The number of anilines is 2. The Labute approximate surface area is 125 Å². The molecule has 0 radical (unpaired) electrons. The minimum Gasteiger partial charge on any atom is -0.495 e. The number of carbonyl (C=O) groups is 1. The minimum atomic E-state index is -0.176. The van der Waals surface area contributed by atoms with Gasteiger partial charge in [-0.05, 0) is 32.2 Å². The summed E-state index contributed by atoms with van der Waals surface area (Å²) in [6.45, 7) is 5.70. The molecule has 1 amide bonds. The van der Waals surface area contributed by atoms with Crippen LogP contribution < -0.4 is 15.8 Å². The number of piperazine rings is 1. The van der Waals surface area contributed by atoms with E-state index in [2.05, 4.69) is 22.2 Å². The third kappa shape index (κ3) is 3.86. The monoisotopic (exact) mass is 292 g/mol. The molecule has 1 aromatic rings. The lowest BCUT2D eigenvalue weighted by molar-refractivity contribution is -0.121. The first-order valence-electron chi connectivity index (χ1n) is 7.18. The van der Waals surface area contributed by atoms with Crippen LogP contribution in [0.3, 0.4) is 0 Å². The Bertz CT molecular complexity index is 498. The van der Waals surface area contributed by atoms with Crippen molar-refractivity contribution in [1.29, 1.82) is 0 Å². The van der Waals surface area contributed by atoms with Crippen molar-refractivity contribution in [3.05, 3.63) is 18.2 Å². The Morgan fingerprint density at radius 1 is 1.33 bits per heavy atom. The second kappa shape index (κ2) is 6.78. The molecule has 21 heavy (non-hydrogen) atoms.